The zero-order valence-electron chi connectivity index (χ0n) is 10.8. The SMILES string of the molecule is CCOC(CN1CCC(COC)C1)OCC. The summed E-state index contributed by atoms with van der Waals surface area (Å²) in [5.41, 5.74) is 0. The number of hydrogen-bond donors (Lipinski definition) is 0. The van der Waals surface area contributed by atoms with Gasteiger partial charge in [-0.2, -0.15) is 0 Å². The van der Waals surface area contributed by atoms with E-state index in [4.69, 9.17) is 14.2 Å². The molecule has 1 heterocycles. The van der Waals surface area contributed by atoms with E-state index in [1.165, 1.54) is 6.42 Å². The molecule has 4 heteroatoms. The zero-order valence-corrected chi connectivity index (χ0v) is 10.8. The summed E-state index contributed by atoms with van der Waals surface area (Å²) >= 11 is 0. The third-order valence-corrected chi connectivity index (χ3v) is 2.88. The van der Waals surface area contributed by atoms with Crippen molar-refractivity contribution in [1.29, 1.82) is 0 Å². The molecular weight excluding hydrogens is 206 g/mol. The van der Waals surface area contributed by atoms with Gasteiger partial charge in [-0.1, -0.05) is 0 Å². The molecule has 0 amide bonds. The van der Waals surface area contributed by atoms with Crippen molar-refractivity contribution in [3.63, 3.8) is 0 Å². The summed E-state index contributed by atoms with van der Waals surface area (Å²) in [7, 11) is 1.77. The molecule has 0 aromatic rings. The Morgan fingerprint density at radius 3 is 2.50 bits per heavy atom. The Bertz CT molecular complexity index is 172. The first-order valence-corrected chi connectivity index (χ1v) is 6.24. The standard InChI is InChI=1S/C12H25NO3/c1-4-15-12(16-5-2)9-13-7-6-11(8-13)10-14-3/h11-12H,4-10H2,1-3H3. The third-order valence-electron chi connectivity index (χ3n) is 2.88. The highest BCUT2D eigenvalue weighted by Crippen LogP contribution is 2.17. The van der Waals surface area contributed by atoms with Gasteiger partial charge in [-0.15, -0.1) is 0 Å². The molecule has 0 aromatic carbocycles. The minimum atomic E-state index is -0.0729. The van der Waals surface area contributed by atoms with Crippen LogP contribution in [0.3, 0.4) is 0 Å². The van der Waals surface area contributed by atoms with Crippen LogP contribution in [0, 0.1) is 5.92 Å². The highest BCUT2D eigenvalue weighted by atomic mass is 16.7. The molecular formula is C12H25NO3. The molecule has 0 spiro atoms. The molecule has 0 bridgehead atoms. The summed E-state index contributed by atoms with van der Waals surface area (Å²) in [6.45, 7) is 9.40. The van der Waals surface area contributed by atoms with E-state index in [9.17, 15) is 0 Å². The van der Waals surface area contributed by atoms with E-state index in [2.05, 4.69) is 4.90 Å². The van der Waals surface area contributed by atoms with Crippen molar-refractivity contribution in [2.45, 2.75) is 26.6 Å². The van der Waals surface area contributed by atoms with Gasteiger partial charge in [0.1, 0.15) is 0 Å². The van der Waals surface area contributed by atoms with Crippen LogP contribution in [0.2, 0.25) is 0 Å². The first-order valence-electron chi connectivity index (χ1n) is 6.24. The molecule has 0 N–H and O–H groups in total. The van der Waals surface area contributed by atoms with Crippen LogP contribution >= 0.6 is 0 Å². The number of rotatable bonds is 8. The lowest BCUT2D eigenvalue weighted by atomic mass is 10.1. The molecule has 4 nitrogen and oxygen atoms in total. The largest absolute Gasteiger partial charge is 0.384 e. The van der Waals surface area contributed by atoms with Crippen LogP contribution in [0.15, 0.2) is 0 Å². The molecule has 1 atom stereocenters. The van der Waals surface area contributed by atoms with E-state index in [0.717, 1.165) is 26.2 Å². The van der Waals surface area contributed by atoms with Crippen LogP contribution in [0.1, 0.15) is 20.3 Å². The molecule has 1 aliphatic heterocycles. The molecule has 96 valence electrons. The van der Waals surface area contributed by atoms with Crippen LogP contribution in [0.4, 0.5) is 0 Å². The van der Waals surface area contributed by atoms with Gasteiger partial charge in [0.2, 0.25) is 0 Å². The van der Waals surface area contributed by atoms with Gasteiger partial charge in [-0.25, -0.2) is 0 Å². The van der Waals surface area contributed by atoms with Crippen molar-refractivity contribution in [1.82, 2.24) is 4.90 Å². The van der Waals surface area contributed by atoms with Gasteiger partial charge in [0.15, 0.2) is 6.29 Å². The molecule has 0 aliphatic carbocycles. The maximum Gasteiger partial charge on any atom is 0.170 e. The van der Waals surface area contributed by atoms with Crippen LogP contribution in [-0.2, 0) is 14.2 Å². The molecule has 1 rings (SSSR count). The van der Waals surface area contributed by atoms with E-state index in [-0.39, 0.29) is 6.29 Å². The Balaban J connectivity index is 2.24. The average molecular weight is 231 g/mol. The predicted molar refractivity (Wildman–Crippen MR) is 63.5 cm³/mol. The second-order valence-electron chi connectivity index (χ2n) is 4.21. The lowest BCUT2D eigenvalue weighted by molar-refractivity contribution is -0.145. The highest BCUT2D eigenvalue weighted by molar-refractivity contribution is 4.75. The summed E-state index contributed by atoms with van der Waals surface area (Å²) in [6, 6.07) is 0. The fraction of sp³-hybridized carbons (Fsp3) is 1.00. The van der Waals surface area contributed by atoms with Gasteiger partial charge in [0.25, 0.3) is 0 Å². The summed E-state index contributed by atoms with van der Waals surface area (Å²) in [5, 5.41) is 0. The Kier molecular flexibility index (Phi) is 6.96. The van der Waals surface area contributed by atoms with Crippen LogP contribution < -0.4 is 0 Å². The van der Waals surface area contributed by atoms with Gasteiger partial charge >= 0.3 is 0 Å². The van der Waals surface area contributed by atoms with Gasteiger partial charge in [-0.05, 0) is 32.7 Å². The van der Waals surface area contributed by atoms with Gasteiger partial charge < -0.3 is 14.2 Å². The minimum Gasteiger partial charge on any atom is -0.384 e. The Hall–Kier alpha value is -0.160. The monoisotopic (exact) mass is 231 g/mol. The van der Waals surface area contributed by atoms with E-state index >= 15 is 0 Å². The van der Waals surface area contributed by atoms with Crippen molar-refractivity contribution < 1.29 is 14.2 Å². The molecule has 0 saturated carbocycles. The molecule has 1 unspecified atom stereocenters. The van der Waals surface area contributed by atoms with Crippen molar-refractivity contribution in [2.75, 3.05) is 46.6 Å². The van der Waals surface area contributed by atoms with Crippen LogP contribution in [-0.4, -0.2) is 57.8 Å². The second kappa shape index (κ2) is 8.01. The highest BCUT2D eigenvalue weighted by Gasteiger charge is 2.24. The summed E-state index contributed by atoms with van der Waals surface area (Å²) in [4.78, 5) is 2.40. The number of hydrogen-bond acceptors (Lipinski definition) is 4. The fourth-order valence-electron chi connectivity index (χ4n) is 2.19. The van der Waals surface area contributed by atoms with E-state index in [0.29, 0.717) is 19.1 Å². The number of nitrogens with zero attached hydrogens (tertiary/aromatic N) is 1. The topological polar surface area (TPSA) is 30.9 Å². The maximum absolute atomic E-state index is 5.54. The third kappa shape index (κ3) is 4.78. The van der Waals surface area contributed by atoms with Crippen molar-refractivity contribution in [3.8, 4) is 0 Å². The van der Waals surface area contributed by atoms with E-state index in [1.807, 2.05) is 13.8 Å². The quantitative estimate of drug-likeness (QED) is 0.590. The summed E-state index contributed by atoms with van der Waals surface area (Å²) in [6.07, 6.45) is 1.15. The minimum absolute atomic E-state index is 0.0729. The normalized spacial score (nSPS) is 22.1. The fourth-order valence-corrected chi connectivity index (χ4v) is 2.19. The molecule has 16 heavy (non-hydrogen) atoms. The van der Waals surface area contributed by atoms with Crippen LogP contribution in [0.5, 0.6) is 0 Å². The van der Waals surface area contributed by atoms with E-state index in [1.54, 1.807) is 7.11 Å². The van der Waals surface area contributed by atoms with Gasteiger partial charge in [0.05, 0.1) is 6.61 Å². The van der Waals surface area contributed by atoms with Gasteiger partial charge in [0, 0.05) is 33.4 Å². The molecule has 1 saturated heterocycles. The van der Waals surface area contributed by atoms with Crippen molar-refractivity contribution in [3.05, 3.63) is 0 Å². The number of ether oxygens (including phenoxy) is 3. The number of methoxy groups -OCH3 is 1. The van der Waals surface area contributed by atoms with Crippen molar-refractivity contribution in [2.24, 2.45) is 5.92 Å². The van der Waals surface area contributed by atoms with Crippen molar-refractivity contribution >= 4 is 0 Å². The molecule has 0 radical (unpaired) electrons. The Morgan fingerprint density at radius 1 is 1.25 bits per heavy atom. The first-order chi connectivity index (χ1) is 7.80. The smallest absolute Gasteiger partial charge is 0.170 e. The second-order valence-corrected chi connectivity index (χ2v) is 4.21. The predicted octanol–water partition coefficient (Wildman–Crippen LogP) is 1.35. The lowest BCUT2D eigenvalue weighted by Crippen LogP contribution is -2.34. The Labute approximate surface area is 98.8 Å². The van der Waals surface area contributed by atoms with Gasteiger partial charge in [-0.3, -0.25) is 4.90 Å². The Morgan fingerprint density at radius 2 is 1.94 bits per heavy atom. The number of likely N-dealkylation sites (tertiary alicyclic amines) is 1. The van der Waals surface area contributed by atoms with Crippen LogP contribution in [0.25, 0.3) is 0 Å². The molecule has 1 aliphatic rings. The molecule has 0 aromatic heterocycles. The summed E-state index contributed by atoms with van der Waals surface area (Å²) < 4.78 is 16.3. The maximum atomic E-state index is 5.54. The molecule has 1 fully saturated rings. The average Bonchev–Trinajstić information content (AvgIpc) is 2.67. The van der Waals surface area contributed by atoms with E-state index < -0.39 is 0 Å². The summed E-state index contributed by atoms with van der Waals surface area (Å²) in [5.74, 6) is 0.675. The zero-order chi connectivity index (χ0) is 11.8. The lowest BCUT2D eigenvalue weighted by Gasteiger charge is -2.23. The first kappa shape index (κ1) is 13.9.